The number of aryl methyl sites for hydroxylation is 1. The van der Waals surface area contributed by atoms with E-state index in [1.165, 1.54) is 19.9 Å². The molecule has 0 aliphatic carbocycles. The molecule has 2 rings (SSSR count). The Bertz CT molecular complexity index is 716. The van der Waals surface area contributed by atoms with Crippen LogP contribution in [0, 0.1) is 6.92 Å². The highest BCUT2D eigenvalue weighted by Gasteiger charge is 2.36. The Morgan fingerprint density at radius 1 is 1.38 bits per heavy atom. The number of ether oxygens (including phenoxy) is 1. The molecule has 0 radical (unpaired) electrons. The van der Waals surface area contributed by atoms with Gasteiger partial charge < -0.3 is 19.6 Å². The topological polar surface area (TPSA) is 123 Å². The molecule has 2 N–H and O–H groups in total. The van der Waals surface area contributed by atoms with Gasteiger partial charge in [0.15, 0.2) is 9.84 Å². The lowest BCUT2D eigenvalue weighted by Crippen LogP contribution is -2.43. The van der Waals surface area contributed by atoms with Gasteiger partial charge in [0, 0.05) is 13.2 Å². The molecular weight excluding hydrogens is 338 g/mol. The predicted octanol–water partition coefficient (Wildman–Crippen LogP) is 0.885. The molecule has 1 unspecified atom stereocenters. The number of sulfone groups is 1. The van der Waals surface area contributed by atoms with Crippen molar-refractivity contribution in [2.24, 2.45) is 0 Å². The maximum Gasteiger partial charge on any atom is 0.339 e. The van der Waals surface area contributed by atoms with Gasteiger partial charge in [0.25, 0.3) is 0 Å². The molecule has 1 atom stereocenters. The third kappa shape index (κ3) is 3.96. The number of hydrogen-bond donors (Lipinski definition) is 2. The summed E-state index contributed by atoms with van der Waals surface area (Å²) in [6.07, 6.45) is 0.776. The highest BCUT2D eigenvalue weighted by Crippen LogP contribution is 2.20. The highest BCUT2D eigenvalue weighted by molar-refractivity contribution is 7.93. The van der Waals surface area contributed by atoms with E-state index in [9.17, 15) is 18.0 Å². The Morgan fingerprint density at radius 3 is 2.54 bits per heavy atom. The van der Waals surface area contributed by atoms with Crippen LogP contribution in [-0.4, -0.2) is 49.1 Å². The lowest BCUT2D eigenvalue weighted by Gasteiger charge is -2.24. The number of furan rings is 1. The average molecular weight is 359 g/mol. The minimum Gasteiger partial charge on any atom is -0.478 e. The maximum atomic E-state index is 12.5. The van der Waals surface area contributed by atoms with Crippen LogP contribution in [0.5, 0.6) is 0 Å². The number of hydrogen-bond acceptors (Lipinski definition) is 6. The predicted molar refractivity (Wildman–Crippen MR) is 84.5 cm³/mol. The molecule has 134 valence electrons. The van der Waals surface area contributed by atoms with Crippen molar-refractivity contribution in [1.82, 2.24) is 5.32 Å². The molecule has 0 bridgehead atoms. The second-order valence-corrected chi connectivity index (χ2v) is 8.30. The van der Waals surface area contributed by atoms with Crippen LogP contribution in [0.2, 0.25) is 0 Å². The van der Waals surface area contributed by atoms with Crippen LogP contribution in [0.4, 0.5) is 0 Å². The van der Waals surface area contributed by atoms with E-state index in [0.717, 1.165) is 0 Å². The van der Waals surface area contributed by atoms with Gasteiger partial charge in [-0.25, -0.2) is 13.2 Å². The zero-order valence-corrected chi connectivity index (χ0v) is 14.4. The standard InChI is InChI=1S/C15H21NO7S/c1-9-13(15(18)19)7-11(23-9)8-16-14(17)10(2)24(20,21)12-3-5-22-6-4-12/h7,10,12H,3-6,8H2,1-2H3,(H,16,17)(H,18,19). The number of amides is 1. The van der Waals surface area contributed by atoms with E-state index < -0.39 is 32.2 Å². The fourth-order valence-corrected chi connectivity index (χ4v) is 4.41. The quantitative estimate of drug-likeness (QED) is 0.773. The van der Waals surface area contributed by atoms with Crippen LogP contribution >= 0.6 is 0 Å². The number of carboxylic acid groups (broad SMARTS) is 1. The summed E-state index contributed by atoms with van der Waals surface area (Å²) < 4.78 is 35.3. The molecule has 1 saturated heterocycles. The van der Waals surface area contributed by atoms with Crippen LogP contribution in [0.1, 0.15) is 41.6 Å². The fourth-order valence-electron chi connectivity index (χ4n) is 2.60. The van der Waals surface area contributed by atoms with Crippen molar-refractivity contribution in [3.05, 3.63) is 23.2 Å². The average Bonchev–Trinajstić information content (AvgIpc) is 2.93. The molecule has 0 aromatic carbocycles. The van der Waals surface area contributed by atoms with Crippen molar-refractivity contribution in [3.8, 4) is 0 Å². The molecule has 0 saturated carbocycles. The minimum atomic E-state index is -3.60. The van der Waals surface area contributed by atoms with Gasteiger partial charge in [-0.15, -0.1) is 0 Å². The van der Waals surface area contributed by atoms with Crippen LogP contribution in [0.25, 0.3) is 0 Å². The molecule has 1 fully saturated rings. The van der Waals surface area contributed by atoms with Crippen molar-refractivity contribution in [2.45, 2.75) is 43.7 Å². The summed E-state index contributed by atoms with van der Waals surface area (Å²) in [5.74, 6) is -1.26. The molecule has 0 spiro atoms. The summed E-state index contributed by atoms with van der Waals surface area (Å²) in [7, 11) is -3.60. The number of aromatic carboxylic acids is 1. The molecule has 1 amide bonds. The van der Waals surface area contributed by atoms with Crippen molar-refractivity contribution in [1.29, 1.82) is 0 Å². The second kappa shape index (κ2) is 7.35. The van der Waals surface area contributed by atoms with Crippen LogP contribution in [0.3, 0.4) is 0 Å². The van der Waals surface area contributed by atoms with Gasteiger partial charge in [0.05, 0.1) is 11.8 Å². The van der Waals surface area contributed by atoms with Crippen LogP contribution in [0.15, 0.2) is 10.5 Å². The SMILES string of the molecule is Cc1oc(CNC(=O)C(C)S(=O)(=O)C2CCOCC2)cc1C(=O)O. The van der Waals surface area contributed by atoms with E-state index in [1.807, 2.05) is 0 Å². The Labute approximate surface area is 140 Å². The first kappa shape index (κ1) is 18.5. The van der Waals surface area contributed by atoms with Crippen molar-refractivity contribution >= 4 is 21.7 Å². The lowest BCUT2D eigenvalue weighted by atomic mass is 10.2. The molecular formula is C15H21NO7S. The minimum absolute atomic E-state index is 0.0159. The first-order valence-electron chi connectivity index (χ1n) is 7.64. The number of carboxylic acids is 1. The van der Waals surface area contributed by atoms with Gasteiger partial charge in [-0.3, -0.25) is 4.79 Å². The van der Waals surface area contributed by atoms with E-state index in [1.54, 1.807) is 0 Å². The smallest absolute Gasteiger partial charge is 0.339 e. The summed E-state index contributed by atoms with van der Waals surface area (Å²) in [5.41, 5.74) is 0.0159. The van der Waals surface area contributed by atoms with E-state index >= 15 is 0 Å². The number of rotatable bonds is 6. The summed E-state index contributed by atoms with van der Waals surface area (Å²) >= 11 is 0. The largest absolute Gasteiger partial charge is 0.478 e. The molecule has 1 aliphatic heterocycles. The van der Waals surface area contributed by atoms with E-state index in [2.05, 4.69) is 5.32 Å². The normalized spacial score (nSPS) is 17.4. The Morgan fingerprint density at radius 2 is 2.00 bits per heavy atom. The fraction of sp³-hybridized carbons (Fsp3) is 0.600. The number of carbonyl (C=O) groups excluding carboxylic acids is 1. The summed E-state index contributed by atoms with van der Waals surface area (Å²) in [5, 5.41) is 9.69. The first-order valence-corrected chi connectivity index (χ1v) is 9.25. The van der Waals surface area contributed by atoms with E-state index in [0.29, 0.717) is 26.1 Å². The third-order valence-electron chi connectivity index (χ3n) is 4.13. The molecule has 1 aliphatic rings. The van der Waals surface area contributed by atoms with Gasteiger partial charge in [-0.2, -0.15) is 0 Å². The summed E-state index contributed by atoms with van der Waals surface area (Å²) in [6.45, 7) is 3.55. The van der Waals surface area contributed by atoms with Gasteiger partial charge in [-0.1, -0.05) is 0 Å². The second-order valence-electron chi connectivity index (χ2n) is 5.75. The van der Waals surface area contributed by atoms with Crippen molar-refractivity contribution in [3.63, 3.8) is 0 Å². The molecule has 1 aromatic heterocycles. The lowest BCUT2D eigenvalue weighted by molar-refractivity contribution is -0.120. The molecule has 8 nitrogen and oxygen atoms in total. The van der Waals surface area contributed by atoms with Gasteiger partial charge in [0.2, 0.25) is 5.91 Å². The summed E-state index contributed by atoms with van der Waals surface area (Å²) in [6, 6.07) is 1.32. The summed E-state index contributed by atoms with van der Waals surface area (Å²) in [4.78, 5) is 23.1. The van der Waals surface area contributed by atoms with E-state index in [4.69, 9.17) is 14.3 Å². The van der Waals surface area contributed by atoms with Crippen LogP contribution in [-0.2, 0) is 25.9 Å². The van der Waals surface area contributed by atoms with Crippen molar-refractivity contribution in [2.75, 3.05) is 13.2 Å². The monoisotopic (exact) mass is 359 g/mol. The first-order chi connectivity index (χ1) is 11.2. The molecule has 2 heterocycles. The van der Waals surface area contributed by atoms with E-state index in [-0.39, 0.29) is 23.6 Å². The van der Waals surface area contributed by atoms with Gasteiger partial charge in [-0.05, 0) is 32.8 Å². The Kier molecular flexibility index (Phi) is 5.66. The van der Waals surface area contributed by atoms with Crippen molar-refractivity contribution < 1.29 is 32.3 Å². The highest BCUT2D eigenvalue weighted by atomic mass is 32.2. The third-order valence-corrected chi connectivity index (χ3v) is 6.73. The maximum absolute atomic E-state index is 12.5. The zero-order chi connectivity index (χ0) is 17.9. The number of nitrogens with one attached hydrogen (secondary N) is 1. The van der Waals surface area contributed by atoms with Gasteiger partial charge in [0.1, 0.15) is 22.3 Å². The Hall–Kier alpha value is -1.87. The van der Waals surface area contributed by atoms with Crippen LogP contribution < -0.4 is 5.32 Å². The Balaban J connectivity index is 1.98. The molecule has 9 heteroatoms. The molecule has 1 aromatic rings. The zero-order valence-electron chi connectivity index (χ0n) is 13.6. The number of carbonyl (C=O) groups is 2. The molecule has 24 heavy (non-hydrogen) atoms. The van der Waals surface area contributed by atoms with Gasteiger partial charge >= 0.3 is 5.97 Å².